The molecule has 0 aliphatic carbocycles. The highest BCUT2D eigenvalue weighted by atomic mass is 79.9. The second kappa shape index (κ2) is 8.91. The van der Waals surface area contributed by atoms with Crippen LogP contribution in [0.3, 0.4) is 0 Å². The molecule has 1 amide bonds. The fourth-order valence-corrected chi connectivity index (χ4v) is 3.19. The minimum Gasteiger partial charge on any atom is -0.325 e. The summed E-state index contributed by atoms with van der Waals surface area (Å²) in [6.07, 6.45) is -4.69. The number of nitrogens with one attached hydrogen (secondary N) is 1. The molecular weight excluding hydrogens is 474 g/mol. The molecule has 0 bridgehead atoms. The van der Waals surface area contributed by atoms with Crippen LogP contribution in [0.4, 0.5) is 23.2 Å². The summed E-state index contributed by atoms with van der Waals surface area (Å²) in [5.41, 5.74) is -0.290. The number of hydrogen-bond acceptors (Lipinski definition) is 4. The summed E-state index contributed by atoms with van der Waals surface area (Å²) in [5.74, 6) is -1.11. The summed E-state index contributed by atoms with van der Waals surface area (Å²) in [4.78, 5) is 19.7. The summed E-state index contributed by atoms with van der Waals surface area (Å²) in [5, 5.41) is 2.43. The van der Waals surface area contributed by atoms with E-state index in [-0.39, 0.29) is 16.6 Å². The Labute approximate surface area is 175 Å². The number of aromatic nitrogens is 2. The van der Waals surface area contributed by atoms with Crippen LogP contribution < -0.4 is 5.32 Å². The first kappa shape index (κ1) is 21.3. The number of halogens is 5. The molecule has 1 heterocycles. The zero-order valence-corrected chi connectivity index (χ0v) is 16.9. The van der Waals surface area contributed by atoms with Crippen LogP contribution in [0.25, 0.3) is 11.3 Å². The second-order valence-electron chi connectivity index (χ2n) is 5.77. The lowest BCUT2D eigenvalue weighted by Crippen LogP contribution is -2.15. The molecule has 1 N–H and O–H groups in total. The zero-order valence-electron chi connectivity index (χ0n) is 14.5. The maximum atomic E-state index is 13.2. The third-order valence-electron chi connectivity index (χ3n) is 3.60. The van der Waals surface area contributed by atoms with Gasteiger partial charge in [0.1, 0.15) is 11.5 Å². The van der Waals surface area contributed by atoms with Crippen LogP contribution in [0.1, 0.15) is 5.69 Å². The quantitative estimate of drug-likeness (QED) is 0.282. The summed E-state index contributed by atoms with van der Waals surface area (Å²) < 4.78 is 53.6. The molecule has 0 saturated heterocycles. The van der Waals surface area contributed by atoms with Crippen molar-refractivity contribution in [1.82, 2.24) is 9.97 Å². The van der Waals surface area contributed by atoms with Crippen molar-refractivity contribution in [2.75, 3.05) is 11.1 Å². The van der Waals surface area contributed by atoms with Crippen molar-refractivity contribution < 1.29 is 22.4 Å². The molecule has 150 valence electrons. The second-order valence-corrected chi connectivity index (χ2v) is 7.63. The number of benzene rings is 2. The normalized spacial score (nSPS) is 11.3. The van der Waals surface area contributed by atoms with Crippen molar-refractivity contribution in [2.24, 2.45) is 0 Å². The van der Waals surface area contributed by atoms with Gasteiger partial charge in [-0.3, -0.25) is 4.79 Å². The van der Waals surface area contributed by atoms with Gasteiger partial charge in [-0.15, -0.1) is 0 Å². The van der Waals surface area contributed by atoms with Crippen molar-refractivity contribution in [1.29, 1.82) is 0 Å². The molecule has 4 nitrogen and oxygen atoms in total. The van der Waals surface area contributed by atoms with Crippen molar-refractivity contribution in [3.05, 3.63) is 70.6 Å². The predicted octanol–water partition coefficient (Wildman–Crippen LogP) is 5.79. The Kier molecular flexibility index (Phi) is 6.53. The molecule has 0 fully saturated rings. The lowest BCUT2D eigenvalue weighted by Gasteiger charge is -2.11. The number of thioether (sulfide) groups is 1. The van der Waals surface area contributed by atoms with Crippen LogP contribution in [0, 0.1) is 5.82 Å². The molecule has 0 unspecified atom stereocenters. The lowest BCUT2D eigenvalue weighted by molar-refractivity contribution is -0.141. The molecule has 3 aromatic rings. The van der Waals surface area contributed by atoms with E-state index in [1.165, 1.54) is 12.1 Å². The molecule has 1 aromatic heterocycles. The first-order valence-electron chi connectivity index (χ1n) is 8.11. The van der Waals surface area contributed by atoms with Gasteiger partial charge in [-0.25, -0.2) is 14.4 Å². The Balaban J connectivity index is 1.78. The number of rotatable bonds is 5. The van der Waals surface area contributed by atoms with Gasteiger partial charge in [0.05, 0.1) is 11.4 Å². The fraction of sp³-hybridized carbons (Fsp3) is 0.105. The molecule has 2 aromatic carbocycles. The average molecular weight is 486 g/mol. The van der Waals surface area contributed by atoms with Crippen LogP contribution in [0.2, 0.25) is 0 Å². The van der Waals surface area contributed by atoms with Gasteiger partial charge in [0.25, 0.3) is 0 Å². The van der Waals surface area contributed by atoms with E-state index in [4.69, 9.17) is 0 Å². The molecule has 0 spiro atoms. The van der Waals surface area contributed by atoms with Gasteiger partial charge in [0.2, 0.25) is 5.91 Å². The Bertz CT molecular complexity index is 1010. The first-order valence-corrected chi connectivity index (χ1v) is 9.89. The topological polar surface area (TPSA) is 54.9 Å². The number of hydrogen-bond donors (Lipinski definition) is 1. The molecule has 29 heavy (non-hydrogen) atoms. The van der Waals surface area contributed by atoms with Crippen molar-refractivity contribution in [3.63, 3.8) is 0 Å². The van der Waals surface area contributed by atoms with Crippen LogP contribution in [-0.2, 0) is 11.0 Å². The molecular formula is C19H12BrF4N3OS. The van der Waals surface area contributed by atoms with E-state index in [1.54, 1.807) is 24.3 Å². The Morgan fingerprint density at radius 1 is 1.03 bits per heavy atom. The fourth-order valence-electron chi connectivity index (χ4n) is 2.26. The van der Waals surface area contributed by atoms with Gasteiger partial charge in [0.15, 0.2) is 5.16 Å². The summed E-state index contributed by atoms with van der Waals surface area (Å²) >= 11 is 4.06. The molecule has 0 radical (unpaired) electrons. The molecule has 0 aliphatic rings. The number of carbonyl (C=O) groups excluding carboxylic acids is 1. The molecule has 3 rings (SSSR count). The van der Waals surface area contributed by atoms with Gasteiger partial charge in [-0.05, 0) is 54.6 Å². The largest absolute Gasteiger partial charge is 0.433 e. The maximum Gasteiger partial charge on any atom is 0.433 e. The monoisotopic (exact) mass is 485 g/mol. The molecule has 0 aliphatic heterocycles. The van der Waals surface area contributed by atoms with Crippen LogP contribution in [0.15, 0.2) is 64.2 Å². The van der Waals surface area contributed by atoms with Crippen LogP contribution in [-0.4, -0.2) is 21.6 Å². The average Bonchev–Trinajstić information content (AvgIpc) is 2.68. The van der Waals surface area contributed by atoms with Crippen molar-refractivity contribution in [2.45, 2.75) is 11.3 Å². The van der Waals surface area contributed by atoms with E-state index < -0.39 is 23.6 Å². The van der Waals surface area contributed by atoms with Gasteiger partial charge >= 0.3 is 6.18 Å². The number of alkyl halides is 3. The standard InChI is InChI=1S/C19H12BrF4N3OS/c20-12-3-7-14(8-4-12)25-17(28)10-29-18-26-15(9-16(27-18)19(22,23)24)11-1-5-13(21)6-2-11/h1-9H,10H2,(H,25,28). The number of nitrogens with zero attached hydrogens (tertiary/aromatic N) is 2. The van der Waals surface area contributed by atoms with Gasteiger partial charge in [-0.1, -0.05) is 27.7 Å². The van der Waals surface area contributed by atoms with Crippen LogP contribution >= 0.6 is 27.7 Å². The smallest absolute Gasteiger partial charge is 0.325 e. The van der Waals surface area contributed by atoms with E-state index in [0.717, 1.165) is 34.4 Å². The van der Waals surface area contributed by atoms with Crippen molar-refractivity contribution >= 4 is 39.3 Å². The Morgan fingerprint density at radius 2 is 1.69 bits per heavy atom. The van der Waals surface area contributed by atoms with E-state index >= 15 is 0 Å². The minimum absolute atomic E-state index is 0.0110. The summed E-state index contributed by atoms with van der Waals surface area (Å²) in [6, 6.07) is 12.5. The zero-order chi connectivity index (χ0) is 21.0. The summed E-state index contributed by atoms with van der Waals surface area (Å²) in [6.45, 7) is 0. The molecule has 10 heteroatoms. The molecule has 0 saturated carbocycles. The van der Waals surface area contributed by atoms with E-state index in [2.05, 4.69) is 31.2 Å². The van der Waals surface area contributed by atoms with E-state index in [1.807, 2.05) is 0 Å². The number of carbonyl (C=O) groups is 1. The van der Waals surface area contributed by atoms with Gasteiger partial charge in [-0.2, -0.15) is 13.2 Å². The lowest BCUT2D eigenvalue weighted by atomic mass is 10.1. The predicted molar refractivity (Wildman–Crippen MR) is 106 cm³/mol. The Hall–Kier alpha value is -2.46. The van der Waals surface area contributed by atoms with Gasteiger partial charge < -0.3 is 5.32 Å². The summed E-state index contributed by atoms with van der Waals surface area (Å²) in [7, 11) is 0. The van der Waals surface area contributed by atoms with Crippen LogP contribution in [0.5, 0.6) is 0 Å². The molecule has 0 atom stereocenters. The minimum atomic E-state index is -4.69. The van der Waals surface area contributed by atoms with Crippen molar-refractivity contribution in [3.8, 4) is 11.3 Å². The highest BCUT2D eigenvalue weighted by molar-refractivity contribution is 9.10. The maximum absolute atomic E-state index is 13.2. The number of amides is 1. The SMILES string of the molecule is O=C(CSc1nc(-c2ccc(F)cc2)cc(C(F)(F)F)n1)Nc1ccc(Br)cc1. The van der Waals surface area contributed by atoms with E-state index in [0.29, 0.717) is 11.3 Å². The van der Waals surface area contributed by atoms with Gasteiger partial charge in [0, 0.05) is 15.7 Å². The third kappa shape index (κ3) is 6.01. The highest BCUT2D eigenvalue weighted by Crippen LogP contribution is 2.32. The third-order valence-corrected chi connectivity index (χ3v) is 4.97. The van der Waals surface area contributed by atoms with E-state index in [9.17, 15) is 22.4 Å². The Morgan fingerprint density at radius 3 is 2.31 bits per heavy atom. The number of anilines is 1. The highest BCUT2D eigenvalue weighted by Gasteiger charge is 2.34. The first-order chi connectivity index (χ1) is 13.7.